The quantitative estimate of drug-likeness (QED) is 0.823. The van der Waals surface area contributed by atoms with Crippen LogP contribution in [0.4, 0.5) is 5.69 Å². The second-order valence-electron chi connectivity index (χ2n) is 5.82. The second-order valence-corrected chi connectivity index (χ2v) is 5.82. The van der Waals surface area contributed by atoms with Gasteiger partial charge in [-0.1, -0.05) is 13.0 Å². The molecule has 0 aliphatic carbocycles. The minimum atomic E-state index is 0.0683. The molecule has 1 aliphatic rings. The van der Waals surface area contributed by atoms with Crippen molar-refractivity contribution in [3.05, 3.63) is 29.8 Å². The van der Waals surface area contributed by atoms with Crippen molar-refractivity contribution < 1.29 is 0 Å². The largest absolute Gasteiger partial charge is 0.365 e. The van der Waals surface area contributed by atoms with E-state index in [4.69, 9.17) is 5.26 Å². The summed E-state index contributed by atoms with van der Waals surface area (Å²) in [5.41, 5.74) is 1.95. The molecular formula is C15H21N3. The molecule has 0 aromatic heterocycles. The Labute approximate surface area is 109 Å². The Kier molecular flexibility index (Phi) is 3.58. The van der Waals surface area contributed by atoms with Gasteiger partial charge in [-0.05, 0) is 44.5 Å². The van der Waals surface area contributed by atoms with Crippen molar-refractivity contribution >= 4 is 5.69 Å². The van der Waals surface area contributed by atoms with Gasteiger partial charge in [0.05, 0.1) is 11.6 Å². The zero-order valence-corrected chi connectivity index (χ0v) is 11.4. The molecule has 3 nitrogen and oxygen atoms in total. The average molecular weight is 243 g/mol. The van der Waals surface area contributed by atoms with E-state index in [-0.39, 0.29) is 5.54 Å². The maximum atomic E-state index is 9.02. The zero-order valence-electron chi connectivity index (χ0n) is 11.4. The van der Waals surface area contributed by atoms with Gasteiger partial charge in [-0.3, -0.25) is 0 Å². The van der Waals surface area contributed by atoms with Crippen LogP contribution in [0.25, 0.3) is 0 Å². The Bertz CT molecular complexity index is 459. The SMILES string of the molecule is CC1CNCC(C)(C)N(c2cccc(C#N)c2)C1. The molecular weight excluding hydrogens is 222 g/mol. The van der Waals surface area contributed by atoms with Gasteiger partial charge in [0, 0.05) is 24.3 Å². The van der Waals surface area contributed by atoms with Gasteiger partial charge in [-0.15, -0.1) is 0 Å². The maximum absolute atomic E-state index is 9.02. The van der Waals surface area contributed by atoms with Gasteiger partial charge in [-0.25, -0.2) is 0 Å². The van der Waals surface area contributed by atoms with Crippen molar-refractivity contribution in [3.63, 3.8) is 0 Å². The monoisotopic (exact) mass is 243 g/mol. The lowest BCUT2D eigenvalue weighted by atomic mass is 10.0. The predicted octanol–water partition coefficient (Wildman–Crippen LogP) is 2.38. The highest BCUT2D eigenvalue weighted by atomic mass is 15.2. The van der Waals surface area contributed by atoms with Crippen molar-refractivity contribution in [3.8, 4) is 6.07 Å². The van der Waals surface area contributed by atoms with Crippen LogP contribution >= 0.6 is 0 Å². The Hall–Kier alpha value is -1.53. The summed E-state index contributed by atoms with van der Waals surface area (Å²) in [6.07, 6.45) is 0. The topological polar surface area (TPSA) is 39.1 Å². The molecule has 1 heterocycles. The van der Waals surface area contributed by atoms with E-state index in [1.54, 1.807) is 0 Å². The highest BCUT2D eigenvalue weighted by Crippen LogP contribution is 2.27. The molecule has 1 N–H and O–H groups in total. The zero-order chi connectivity index (χ0) is 13.2. The fraction of sp³-hybridized carbons (Fsp3) is 0.533. The minimum absolute atomic E-state index is 0.0683. The summed E-state index contributed by atoms with van der Waals surface area (Å²) in [6, 6.07) is 10.1. The molecule has 96 valence electrons. The van der Waals surface area contributed by atoms with E-state index in [2.05, 4.69) is 43.1 Å². The first-order chi connectivity index (χ1) is 8.53. The van der Waals surface area contributed by atoms with Crippen LogP contribution < -0.4 is 10.2 Å². The molecule has 3 heteroatoms. The number of nitrogens with one attached hydrogen (secondary N) is 1. The molecule has 1 aliphatic heterocycles. The van der Waals surface area contributed by atoms with Gasteiger partial charge in [-0.2, -0.15) is 5.26 Å². The summed E-state index contributed by atoms with van der Waals surface area (Å²) in [5, 5.41) is 12.5. The molecule has 0 amide bonds. The third-order valence-corrected chi connectivity index (χ3v) is 3.56. The minimum Gasteiger partial charge on any atom is -0.365 e. The van der Waals surface area contributed by atoms with Crippen LogP contribution in [0, 0.1) is 17.2 Å². The summed E-state index contributed by atoms with van der Waals surface area (Å²) in [6.45, 7) is 9.80. The molecule has 2 rings (SSSR count). The molecule has 18 heavy (non-hydrogen) atoms. The Morgan fingerprint density at radius 1 is 1.44 bits per heavy atom. The van der Waals surface area contributed by atoms with Crippen LogP contribution in [0.2, 0.25) is 0 Å². The highest BCUT2D eigenvalue weighted by Gasteiger charge is 2.30. The van der Waals surface area contributed by atoms with E-state index in [0.29, 0.717) is 5.92 Å². The normalized spacial score (nSPS) is 23.2. The van der Waals surface area contributed by atoms with E-state index >= 15 is 0 Å². The van der Waals surface area contributed by atoms with Crippen molar-refractivity contribution in [1.82, 2.24) is 5.32 Å². The lowest BCUT2D eigenvalue weighted by Crippen LogP contribution is -2.49. The molecule has 0 spiro atoms. The maximum Gasteiger partial charge on any atom is 0.0992 e. The lowest BCUT2D eigenvalue weighted by molar-refractivity contribution is 0.460. The van der Waals surface area contributed by atoms with Gasteiger partial charge in [0.15, 0.2) is 0 Å². The molecule has 1 saturated heterocycles. The van der Waals surface area contributed by atoms with E-state index in [9.17, 15) is 0 Å². The van der Waals surface area contributed by atoms with Crippen LogP contribution in [-0.4, -0.2) is 25.2 Å². The first-order valence-corrected chi connectivity index (χ1v) is 6.51. The van der Waals surface area contributed by atoms with Crippen LogP contribution in [0.5, 0.6) is 0 Å². The predicted molar refractivity (Wildman–Crippen MR) is 74.6 cm³/mol. The summed E-state index contributed by atoms with van der Waals surface area (Å²) in [4.78, 5) is 2.42. The molecule has 1 fully saturated rings. The van der Waals surface area contributed by atoms with E-state index in [1.807, 2.05) is 18.2 Å². The Morgan fingerprint density at radius 2 is 2.22 bits per heavy atom. The van der Waals surface area contributed by atoms with Crippen molar-refractivity contribution in [2.24, 2.45) is 5.92 Å². The van der Waals surface area contributed by atoms with E-state index in [0.717, 1.165) is 30.9 Å². The summed E-state index contributed by atoms with van der Waals surface area (Å²) >= 11 is 0. The smallest absolute Gasteiger partial charge is 0.0992 e. The number of nitriles is 1. The van der Waals surface area contributed by atoms with Crippen LogP contribution in [0.15, 0.2) is 24.3 Å². The number of rotatable bonds is 1. The molecule has 1 aromatic rings. The highest BCUT2D eigenvalue weighted by molar-refractivity contribution is 5.53. The molecule has 1 atom stereocenters. The number of benzene rings is 1. The van der Waals surface area contributed by atoms with Gasteiger partial charge in [0.1, 0.15) is 0 Å². The number of anilines is 1. The Balaban J connectivity index is 2.35. The number of hydrogen-bond donors (Lipinski definition) is 1. The molecule has 0 saturated carbocycles. The third-order valence-electron chi connectivity index (χ3n) is 3.56. The van der Waals surface area contributed by atoms with Gasteiger partial charge >= 0.3 is 0 Å². The van der Waals surface area contributed by atoms with Crippen molar-refractivity contribution in [1.29, 1.82) is 5.26 Å². The summed E-state index contributed by atoms with van der Waals surface area (Å²) in [7, 11) is 0. The van der Waals surface area contributed by atoms with Gasteiger partial charge in [0.2, 0.25) is 0 Å². The molecule has 0 radical (unpaired) electrons. The Morgan fingerprint density at radius 3 is 2.94 bits per heavy atom. The average Bonchev–Trinajstić information content (AvgIpc) is 2.48. The first-order valence-electron chi connectivity index (χ1n) is 6.51. The van der Waals surface area contributed by atoms with E-state index < -0.39 is 0 Å². The van der Waals surface area contributed by atoms with Gasteiger partial charge in [0.25, 0.3) is 0 Å². The second kappa shape index (κ2) is 4.99. The fourth-order valence-corrected chi connectivity index (χ4v) is 2.54. The molecule has 1 aromatic carbocycles. The number of nitrogens with zero attached hydrogens (tertiary/aromatic N) is 2. The van der Waals surface area contributed by atoms with Crippen LogP contribution in [0.1, 0.15) is 26.3 Å². The summed E-state index contributed by atoms with van der Waals surface area (Å²) in [5.74, 6) is 0.609. The van der Waals surface area contributed by atoms with Crippen molar-refractivity contribution in [2.45, 2.75) is 26.3 Å². The third kappa shape index (κ3) is 2.65. The standard InChI is InChI=1S/C15H21N3/c1-12-9-17-11-15(2,3)18(10-12)14-6-4-5-13(7-14)8-16/h4-7,12,17H,9-11H2,1-3H3. The van der Waals surface area contributed by atoms with Crippen LogP contribution in [0.3, 0.4) is 0 Å². The van der Waals surface area contributed by atoms with Crippen LogP contribution in [-0.2, 0) is 0 Å². The first kappa shape index (κ1) is 12.9. The van der Waals surface area contributed by atoms with E-state index in [1.165, 1.54) is 0 Å². The van der Waals surface area contributed by atoms with Crippen molar-refractivity contribution in [2.75, 3.05) is 24.5 Å². The number of hydrogen-bond acceptors (Lipinski definition) is 3. The lowest BCUT2D eigenvalue weighted by Gasteiger charge is -2.39. The van der Waals surface area contributed by atoms with Gasteiger partial charge < -0.3 is 10.2 Å². The molecule has 1 unspecified atom stereocenters. The fourth-order valence-electron chi connectivity index (χ4n) is 2.54. The molecule has 0 bridgehead atoms. The summed E-state index contributed by atoms with van der Waals surface area (Å²) < 4.78 is 0.